The maximum Gasteiger partial charge on any atom is 0.133 e. The number of hydrogen-bond donors (Lipinski definition) is 1. The zero-order valence-electron chi connectivity index (χ0n) is 18.5. The first-order valence-corrected chi connectivity index (χ1v) is 11.0. The van der Waals surface area contributed by atoms with E-state index in [1.807, 2.05) is 12.4 Å². The fourth-order valence-electron chi connectivity index (χ4n) is 4.64. The third-order valence-electron chi connectivity index (χ3n) is 6.40. The summed E-state index contributed by atoms with van der Waals surface area (Å²) in [4.78, 5) is 17.7. The van der Waals surface area contributed by atoms with Crippen LogP contribution in [0.4, 0.5) is 0 Å². The lowest BCUT2D eigenvalue weighted by molar-refractivity contribution is 0.310. The minimum Gasteiger partial charge on any atom is -0.361 e. The summed E-state index contributed by atoms with van der Waals surface area (Å²) in [6, 6.07) is 4.31. The minimum atomic E-state index is 0.000912. The monoisotopic (exact) mass is 390 g/mol. The van der Waals surface area contributed by atoms with Crippen LogP contribution in [0.2, 0.25) is 0 Å². The summed E-state index contributed by atoms with van der Waals surface area (Å²) >= 11 is 0. The Kier molecular flexibility index (Phi) is 5.22. The summed E-state index contributed by atoms with van der Waals surface area (Å²) in [5, 5.41) is 1.18. The maximum absolute atomic E-state index is 4.98. The van der Waals surface area contributed by atoms with Crippen molar-refractivity contribution in [1.82, 2.24) is 19.9 Å². The molecule has 4 rings (SSSR count). The van der Waals surface area contributed by atoms with Gasteiger partial charge in [-0.25, -0.2) is 9.97 Å². The number of rotatable bonds is 3. The summed E-state index contributed by atoms with van der Waals surface area (Å²) in [6.07, 6.45) is 13.1. The van der Waals surface area contributed by atoms with Crippen LogP contribution in [0.3, 0.4) is 0 Å². The van der Waals surface area contributed by atoms with Gasteiger partial charge in [0.05, 0.1) is 0 Å². The average Bonchev–Trinajstić information content (AvgIpc) is 3.11. The van der Waals surface area contributed by atoms with E-state index in [0.29, 0.717) is 5.92 Å². The molecule has 3 aromatic rings. The number of nitrogens with one attached hydrogen (secondary N) is 1. The first-order chi connectivity index (χ1) is 13.7. The summed E-state index contributed by atoms with van der Waals surface area (Å²) in [7, 11) is 0. The number of aryl methyl sites for hydroxylation is 2. The summed E-state index contributed by atoms with van der Waals surface area (Å²) in [6.45, 7) is 11.3. The molecule has 1 atom stereocenters. The third kappa shape index (κ3) is 4.36. The largest absolute Gasteiger partial charge is 0.361 e. The molecule has 0 saturated carbocycles. The molecule has 1 aliphatic rings. The highest BCUT2D eigenvalue weighted by atomic mass is 14.9. The highest BCUT2D eigenvalue weighted by Gasteiger charge is 2.28. The van der Waals surface area contributed by atoms with E-state index in [2.05, 4.69) is 62.9 Å². The highest BCUT2D eigenvalue weighted by Crippen LogP contribution is 2.35. The lowest BCUT2D eigenvalue weighted by atomic mass is 9.75. The molecule has 4 heteroatoms. The van der Waals surface area contributed by atoms with E-state index in [1.165, 1.54) is 53.5 Å². The van der Waals surface area contributed by atoms with Gasteiger partial charge in [0.2, 0.25) is 0 Å². The van der Waals surface area contributed by atoms with Crippen molar-refractivity contribution in [1.29, 1.82) is 0 Å². The van der Waals surface area contributed by atoms with Crippen LogP contribution in [0.25, 0.3) is 10.9 Å². The van der Waals surface area contributed by atoms with E-state index in [0.717, 1.165) is 18.7 Å². The van der Waals surface area contributed by atoms with Gasteiger partial charge < -0.3 is 4.98 Å². The molecule has 0 saturated heterocycles. The Morgan fingerprint density at radius 3 is 2.66 bits per heavy atom. The number of aromatic amines is 1. The summed E-state index contributed by atoms with van der Waals surface area (Å²) in [5.41, 5.74) is 5.07. The second kappa shape index (κ2) is 7.55. The first kappa shape index (κ1) is 20.1. The Balaban J connectivity index is 1.50. The molecule has 1 N–H and O–H groups in total. The Hall–Kier alpha value is -2.23. The molecule has 154 valence electrons. The van der Waals surface area contributed by atoms with Crippen LogP contribution < -0.4 is 0 Å². The molecule has 0 amide bonds. The zero-order valence-corrected chi connectivity index (χ0v) is 18.5. The predicted octanol–water partition coefficient (Wildman–Crippen LogP) is 5.90. The Bertz CT molecular complexity index is 993. The van der Waals surface area contributed by atoms with Gasteiger partial charge in [0.15, 0.2) is 0 Å². The van der Waals surface area contributed by atoms with Crippen LogP contribution in [-0.4, -0.2) is 19.9 Å². The second-order valence-corrected chi connectivity index (χ2v) is 10.4. The number of hydrogen-bond acceptors (Lipinski definition) is 3. The predicted molar refractivity (Wildman–Crippen MR) is 119 cm³/mol. The van der Waals surface area contributed by atoms with Crippen molar-refractivity contribution in [2.24, 2.45) is 5.92 Å². The third-order valence-corrected chi connectivity index (χ3v) is 6.40. The quantitative estimate of drug-likeness (QED) is 0.605. The van der Waals surface area contributed by atoms with Crippen molar-refractivity contribution in [2.75, 3.05) is 0 Å². The number of fused-ring (bicyclic) bond motifs is 2. The van der Waals surface area contributed by atoms with Crippen molar-refractivity contribution >= 4 is 10.9 Å². The fraction of sp³-hybridized carbons (Fsp3) is 0.560. The molecular formula is C25H34N4. The van der Waals surface area contributed by atoms with Gasteiger partial charge in [-0.1, -0.05) is 41.0 Å². The van der Waals surface area contributed by atoms with Gasteiger partial charge in [0.1, 0.15) is 5.82 Å². The SMILES string of the molecule is CC(C)(C)c1ncc2c(n1)CCC(CC(C)(C)c1cc3[nH]ccc3cn1)CCC2. The van der Waals surface area contributed by atoms with Crippen LogP contribution in [0.15, 0.2) is 30.7 Å². The minimum absolute atomic E-state index is 0.000912. The van der Waals surface area contributed by atoms with Crippen molar-refractivity contribution in [2.45, 2.75) is 84.0 Å². The van der Waals surface area contributed by atoms with Gasteiger partial charge in [0, 0.05) is 51.7 Å². The lowest BCUT2D eigenvalue weighted by Crippen LogP contribution is -2.25. The fourth-order valence-corrected chi connectivity index (χ4v) is 4.64. The number of aromatic nitrogens is 4. The average molecular weight is 391 g/mol. The van der Waals surface area contributed by atoms with Crippen molar-refractivity contribution in [3.8, 4) is 0 Å². The van der Waals surface area contributed by atoms with Crippen LogP contribution in [0, 0.1) is 5.92 Å². The highest BCUT2D eigenvalue weighted by molar-refractivity contribution is 5.78. The number of H-pyrrole nitrogens is 1. The van der Waals surface area contributed by atoms with Crippen LogP contribution >= 0.6 is 0 Å². The van der Waals surface area contributed by atoms with Gasteiger partial charge in [-0.15, -0.1) is 0 Å². The standard InChI is InChI=1S/C25H34N4/c1-24(2,3)23-28-16-18-8-6-7-17(9-10-20(18)29-23)14-25(4,5)22-13-21-19(15-27-22)11-12-26-21/h11-13,15-17,26H,6-10,14H2,1-5H3. The van der Waals surface area contributed by atoms with Crippen molar-refractivity contribution in [3.63, 3.8) is 0 Å². The molecule has 4 nitrogen and oxygen atoms in total. The lowest BCUT2D eigenvalue weighted by Gasteiger charge is -2.31. The van der Waals surface area contributed by atoms with Gasteiger partial charge >= 0.3 is 0 Å². The van der Waals surface area contributed by atoms with Gasteiger partial charge in [0.25, 0.3) is 0 Å². The Labute approximate surface area is 174 Å². The number of pyridine rings is 1. The van der Waals surface area contributed by atoms with Crippen LogP contribution in [0.1, 0.15) is 83.1 Å². The van der Waals surface area contributed by atoms with Gasteiger partial charge in [-0.2, -0.15) is 0 Å². The van der Waals surface area contributed by atoms with E-state index in [4.69, 9.17) is 9.97 Å². The second-order valence-electron chi connectivity index (χ2n) is 10.4. The van der Waals surface area contributed by atoms with Crippen LogP contribution in [0.5, 0.6) is 0 Å². The normalized spacial score (nSPS) is 18.3. The molecule has 0 fully saturated rings. The van der Waals surface area contributed by atoms with Crippen LogP contribution in [-0.2, 0) is 23.7 Å². The molecule has 1 unspecified atom stereocenters. The molecular weight excluding hydrogens is 356 g/mol. The molecule has 3 aromatic heterocycles. The van der Waals surface area contributed by atoms with E-state index >= 15 is 0 Å². The molecule has 0 bridgehead atoms. The molecule has 0 radical (unpaired) electrons. The maximum atomic E-state index is 4.98. The Morgan fingerprint density at radius 2 is 1.86 bits per heavy atom. The van der Waals surface area contributed by atoms with E-state index in [1.54, 1.807) is 0 Å². The molecule has 3 heterocycles. The molecule has 0 aromatic carbocycles. The van der Waals surface area contributed by atoms with E-state index < -0.39 is 0 Å². The molecule has 29 heavy (non-hydrogen) atoms. The molecule has 1 aliphatic carbocycles. The zero-order chi connectivity index (χ0) is 20.6. The first-order valence-electron chi connectivity index (χ1n) is 11.0. The van der Waals surface area contributed by atoms with Gasteiger partial charge in [-0.3, -0.25) is 4.98 Å². The topological polar surface area (TPSA) is 54.5 Å². The smallest absolute Gasteiger partial charge is 0.133 e. The molecule has 0 spiro atoms. The number of nitrogens with zero attached hydrogens (tertiary/aromatic N) is 3. The summed E-state index contributed by atoms with van der Waals surface area (Å²) < 4.78 is 0. The Morgan fingerprint density at radius 1 is 1.03 bits per heavy atom. The van der Waals surface area contributed by atoms with Gasteiger partial charge in [-0.05, 0) is 55.7 Å². The van der Waals surface area contributed by atoms with E-state index in [-0.39, 0.29) is 10.8 Å². The molecule has 0 aliphatic heterocycles. The van der Waals surface area contributed by atoms with Crippen molar-refractivity contribution in [3.05, 3.63) is 53.5 Å². The summed E-state index contributed by atoms with van der Waals surface area (Å²) in [5.74, 6) is 1.67. The van der Waals surface area contributed by atoms with Crippen molar-refractivity contribution < 1.29 is 0 Å². The van der Waals surface area contributed by atoms with E-state index in [9.17, 15) is 0 Å².